The third-order valence-electron chi connectivity index (χ3n) is 1.67. The van der Waals surface area contributed by atoms with Gasteiger partial charge in [-0.15, -0.1) is 0 Å². The molecule has 0 aliphatic carbocycles. The van der Waals surface area contributed by atoms with E-state index in [-0.39, 0.29) is 5.75 Å². The number of ether oxygens (including phenoxy) is 1. The highest BCUT2D eigenvalue weighted by Gasteiger charge is 2.06. The van der Waals surface area contributed by atoms with Crippen LogP contribution in [0.15, 0.2) is 18.2 Å². The van der Waals surface area contributed by atoms with Crippen molar-refractivity contribution in [3.63, 3.8) is 0 Å². The summed E-state index contributed by atoms with van der Waals surface area (Å²) in [5, 5.41) is 10.4. The van der Waals surface area contributed by atoms with Crippen molar-refractivity contribution in [2.75, 3.05) is 12.4 Å². The number of benzene rings is 1. The fourth-order valence-electron chi connectivity index (χ4n) is 1.03. The van der Waals surface area contributed by atoms with Crippen LogP contribution in [0.4, 0.5) is 0 Å². The second-order valence-corrected chi connectivity index (χ2v) is 4.42. The Bertz CT molecular complexity index is 350. The molecule has 0 saturated carbocycles. The van der Waals surface area contributed by atoms with Crippen LogP contribution in [0, 0.1) is 3.57 Å². The molecule has 1 rings (SSSR count). The van der Waals surface area contributed by atoms with Gasteiger partial charge in [0.05, 0.1) is 10.7 Å². The van der Waals surface area contributed by atoms with Crippen LogP contribution in [0.3, 0.4) is 0 Å². The van der Waals surface area contributed by atoms with Gasteiger partial charge in [-0.05, 0) is 40.3 Å². The number of halogens is 2. The molecular weight excluding hydrogens is 359 g/mol. The average molecular weight is 369 g/mol. The molecule has 0 aliphatic heterocycles. The molecule has 1 aromatic carbocycles. The topological polar surface area (TPSA) is 29.5 Å². The van der Waals surface area contributed by atoms with E-state index in [1.807, 2.05) is 18.2 Å². The zero-order valence-corrected chi connectivity index (χ0v) is 11.4. The normalized spacial score (nSPS) is 10.8. The Kier molecular flexibility index (Phi) is 4.74. The molecule has 0 atom stereocenters. The van der Waals surface area contributed by atoms with Gasteiger partial charge >= 0.3 is 0 Å². The van der Waals surface area contributed by atoms with E-state index < -0.39 is 0 Å². The lowest BCUT2D eigenvalue weighted by atomic mass is 10.2. The maximum absolute atomic E-state index is 9.58. The molecule has 0 bridgehead atoms. The molecule has 0 radical (unpaired) electrons. The summed E-state index contributed by atoms with van der Waals surface area (Å²) in [6.07, 6.45) is 3.96. The van der Waals surface area contributed by atoms with E-state index in [0.717, 1.165) is 14.5 Å². The van der Waals surface area contributed by atoms with Gasteiger partial charge in [-0.3, -0.25) is 0 Å². The fraction of sp³-hybridized carbons (Fsp3) is 0.200. The smallest absolute Gasteiger partial charge is 0.171 e. The molecule has 0 fully saturated rings. The molecule has 0 saturated heterocycles. The first kappa shape index (κ1) is 11.8. The minimum atomic E-state index is 0.198. The van der Waals surface area contributed by atoms with Gasteiger partial charge in [-0.1, -0.05) is 28.1 Å². The van der Waals surface area contributed by atoms with E-state index in [1.54, 1.807) is 13.2 Å². The van der Waals surface area contributed by atoms with E-state index in [4.69, 9.17) is 4.74 Å². The predicted molar refractivity (Wildman–Crippen MR) is 70.2 cm³/mol. The molecule has 2 nitrogen and oxygen atoms in total. The summed E-state index contributed by atoms with van der Waals surface area (Å²) in [5.74, 6) is 0.704. The Morgan fingerprint density at radius 1 is 1.57 bits per heavy atom. The largest absolute Gasteiger partial charge is 0.504 e. The third kappa shape index (κ3) is 2.88. The number of methoxy groups -OCH3 is 1. The molecule has 4 heteroatoms. The molecule has 1 N–H and O–H groups in total. The molecule has 0 spiro atoms. The Morgan fingerprint density at radius 2 is 2.29 bits per heavy atom. The van der Waals surface area contributed by atoms with Gasteiger partial charge in [0, 0.05) is 5.33 Å². The summed E-state index contributed by atoms with van der Waals surface area (Å²) in [6.45, 7) is 0. The van der Waals surface area contributed by atoms with Gasteiger partial charge in [0.2, 0.25) is 0 Å². The van der Waals surface area contributed by atoms with Crippen molar-refractivity contribution in [2.24, 2.45) is 0 Å². The van der Waals surface area contributed by atoms with Crippen LogP contribution in [-0.4, -0.2) is 17.5 Å². The van der Waals surface area contributed by atoms with E-state index in [0.29, 0.717) is 5.75 Å². The van der Waals surface area contributed by atoms with Crippen LogP contribution in [0.2, 0.25) is 0 Å². The molecule has 1 aromatic rings. The van der Waals surface area contributed by atoms with Crippen molar-refractivity contribution < 1.29 is 9.84 Å². The quantitative estimate of drug-likeness (QED) is 0.654. The van der Waals surface area contributed by atoms with Gasteiger partial charge in [0.15, 0.2) is 11.5 Å². The first-order valence-electron chi connectivity index (χ1n) is 3.98. The van der Waals surface area contributed by atoms with Gasteiger partial charge in [0.1, 0.15) is 0 Å². The highest BCUT2D eigenvalue weighted by molar-refractivity contribution is 14.1. The summed E-state index contributed by atoms with van der Waals surface area (Å²) >= 11 is 5.38. The van der Waals surface area contributed by atoms with Crippen molar-refractivity contribution in [1.82, 2.24) is 0 Å². The summed E-state index contributed by atoms with van der Waals surface area (Å²) in [4.78, 5) is 0. The first-order valence-corrected chi connectivity index (χ1v) is 6.18. The van der Waals surface area contributed by atoms with Crippen LogP contribution in [-0.2, 0) is 0 Å². The number of aromatic hydroxyl groups is 1. The highest BCUT2D eigenvalue weighted by atomic mass is 127. The minimum Gasteiger partial charge on any atom is -0.504 e. The van der Waals surface area contributed by atoms with E-state index in [9.17, 15) is 5.11 Å². The second-order valence-electron chi connectivity index (χ2n) is 2.61. The van der Waals surface area contributed by atoms with Crippen molar-refractivity contribution in [3.05, 3.63) is 27.3 Å². The van der Waals surface area contributed by atoms with Crippen molar-refractivity contribution in [2.45, 2.75) is 0 Å². The lowest BCUT2D eigenvalue weighted by Gasteiger charge is -2.06. The van der Waals surface area contributed by atoms with Gasteiger partial charge in [-0.2, -0.15) is 0 Å². The van der Waals surface area contributed by atoms with Crippen molar-refractivity contribution >= 4 is 44.6 Å². The second kappa shape index (κ2) is 5.60. The molecule has 0 amide bonds. The summed E-state index contributed by atoms with van der Waals surface area (Å²) < 4.78 is 5.83. The number of hydrogen-bond acceptors (Lipinski definition) is 2. The fourth-order valence-corrected chi connectivity index (χ4v) is 1.84. The van der Waals surface area contributed by atoms with Crippen molar-refractivity contribution in [3.8, 4) is 11.5 Å². The Balaban J connectivity index is 3.09. The maximum Gasteiger partial charge on any atom is 0.171 e. The Labute approximate surface area is 105 Å². The molecule has 0 unspecified atom stereocenters. The number of hydrogen-bond donors (Lipinski definition) is 1. The van der Waals surface area contributed by atoms with Crippen molar-refractivity contribution in [1.29, 1.82) is 0 Å². The minimum absolute atomic E-state index is 0.198. The molecular formula is C10H10BrIO2. The number of alkyl halides is 1. The van der Waals surface area contributed by atoms with E-state index in [2.05, 4.69) is 38.5 Å². The summed E-state index contributed by atoms with van der Waals surface area (Å²) in [6, 6.07) is 3.70. The molecule has 0 heterocycles. The van der Waals surface area contributed by atoms with Crippen LogP contribution in [0.25, 0.3) is 6.08 Å². The van der Waals surface area contributed by atoms with Crippen LogP contribution in [0.1, 0.15) is 5.56 Å². The van der Waals surface area contributed by atoms with Crippen LogP contribution < -0.4 is 4.74 Å². The SMILES string of the molecule is COc1cc(C=CCBr)cc(I)c1O. The first-order chi connectivity index (χ1) is 6.69. The number of rotatable bonds is 3. The Morgan fingerprint density at radius 3 is 2.86 bits per heavy atom. The maximum atomic E-state index is 9.58. The monoisotopic (exact) mass is 368 g/mol. The van der Waals surface area contributed by atoms with Gasteiger partial charge in [-0.25, -0.2) is 0 Å². The lowest BCUT2D eigenvalue weighted by molar-refractivity contribution is 0.371. The lowest BCUT2D eigenvalue weighted by Crippen LogP contribution is -1.87. The van der Waals surface area contributed by atoms with Gasteiger partial charge in [0.25, 0.3) is 0 Å². The van der Waals surface area contributed by atoms with Crippen LogP contribution >= 0.6 is 38.5 Å². The zero-order valence-electron chi connectivity index (χ0n) is 7.63. The predicted octanol–water partition coefficient (Wildman–Crippen LogP) is 3.41. The number of phenols is 1. The van der Waals surface area contributed by atoms with E-state index >= 15 is 0 Å². The zero-order chi connectivity index (χ0) is 10.6. The number of phenolic OH excluding ortho intramolecular Hbond substituents is 1. The number of allylic oxidation sites excluding steroid dienone is 1. The van der Waals surface area contributed by atoms with Crippen LogP contribution in [0.5, 0.6) is 11.5 Å². The highest BCUT2D eigenvalue weighted by Crippen LogP contribution is 2.32. The molecule has 0 aliphatic rings. The molecule has 14 heavy (non-hydrogen) atoms. The van der Waals surface area contributed by atoms with Gasteiger partial charge < -0.3 is 9.84 Å². The molecule has 76 valence electrons. The average Bonchev–Trinajstić information content (AvgIpc) is 2.19. The standard InChI is InChI=1S/C10H10BrIO2/c1-14-9-6-7(3-2-4-11)5-8(12)10(9)13/h2-3,5-6,13H,4H2,1H3. The summed E-state index contributed by atoms with van der Waals surface area (Å²) in [7, 11) is 1.54. The third-order valence-corrected chi connectivity index (χ3v) is 2.87. The van der Waals surface area contributed by atoms with E-state index in [1.165, 1.54) is 0 Å². The summed E-state index contributed by atoms with van der Waals surface area (Å²) in [5.41, 5.74) is 1.02. The molecule has 0 aromatic heterocycles. The Hall–Kier alpha value is -0.230.